The summed E-state index contributed by atoms with van der Waals surface area (Å²) >= 11 is 0. The third-order valence-corrected chi connectivity index (χ3v) is 2.09. The van der Waals surface area contributed by atoms with E-state index in [1.54, 1.807) is 0 Å². The number of methoxy groups -OCH3 is 1. The van der Waals surface area contributed by atoms with Gasteiger partial charge >= 0.3 is 6.18 Å². The van der Waals surface area contributed by atoms with Crippen LogP contribution >= 0.6 is 0 Å². The average Bonchev–Trinajstić information content (AvgIpc) is 2.59. The molecular formula is C10H7F3O2. The van der Waals surface area contributed by atoms with Crippen LogP contribution in [0.2, 0.25) is 0 Å². The van der Waals surface area contributed by atoms with Gasteiger partial charge in [-0.2, -0.15) is 13.2 Å². The molecule has 1 aromatic carbocycles. The first-order chi connectivity index (χ1) is 7.02. The molecule has 80 valence electrons. The minimum atomic E-state index is -4.39. The number of hydrogen-bond acceptors (Lipinski definition) is 2. The third-order valence-electron chi connectivity index (χ3n) is 2.09. The van der Waals surface area contributed by atoms with Crippen molar-refractivity contribution in [2.75, 3.05) is 7.11 Å². The van der Waals surface area contributed by atoms with Crippen LogP contribution in [-0.2, 0) is 6.18 Å². The normalized spacial score (nSPS) is 12.0. The van der Waals surface area contributed by atoms with Crippen LogP contribution in [0.25, 0.3) is 11.0 Å². The standard InChI is InChI=1S/C10H7F3O2/c1-14-6-2-3-7-8(10(11,12)13)5-15-9(7)4-6/h2-5H,1H3. The van der Waals surface area contributed by atoms with Gasteiger partial charge in [0.05, 0.1) is 7.11 Å². The first-order valence-electron chi connectivity index (χ1n) is 4.15. The molecule has 0 aliphatic heterocycles. The zero-order chi connectivity index (χ0) is 11.1. The molecule has 0 spiro atoms. The summed E-state index contributed by atoms with van der Waals surface area (Å²) in [5.41, 5.74) is -0.596. The van der Waals surface area contributed by atoms with E-state index >= 15 is 0 Å². The Morgan fingerprint density at radius 2 is 2.00 bits per heavy atom. The molecular weight excluding hydrogens is 209 g/mol. The summed E-state index contributed by atoms with van der Waals surface area (Å²) in [4.78, 5) is 0. The number of alkyl halides is 3. The van der Waals surface area contributed by atoms with Crippen LogP contribution in [0.5, 0.6) is 5.75 Å². The minimum absolute atomic E-state index is 0.0447. The van der Waals surface area contributed by atoms with Crippen LogP contribution in [-0.4, -0.2) is 7.11 Å². The van der Waals surface area contributed by atoms with Crippen molar-refractivity contribution in [2.24, 2.45) is 0 Å². The Kier molecular flexibility index (Phi) is 2.10. The molecule has 0 aliphatic rings. The van der Waals surface area contributed by atoms with E-state index in [9.17, 15) is 13.2 Å². The van der Waals surface area contributed by atoms with Crippen molar-refractivity contribution >= 4 is 11.0 Å². The van der Waals surface area contributed by atoms with Gasteiger partial charge < -0.3 is 9.15 Å². The molecule has 0 saturated carbocycles. The molecule has 5 heteroatoms. The maximum atomic E-state index is 12.4. The second-order valence-corrected chi connectivity index (χ2v) is 3.01. The molecule has 0 bridgehead atoms. The van der Waals surface area contributed by atoms with Crippen LogP contribution in [0.4, 0.5) is 13.2 Å². The zero-order valence-corrected chi connectivity index (χ0v) is 7.76. The van der Waals surface area contributed by atoms with Crippen LogP contribution in [0.15, 0.2) is 28.9 Å². The van der Waals surface area contributed by atoms with E-state index in [4.69, 9.17) is 9.15 Å². The number of rotatable bonds is 1. The third kappa shape index (κ3) is 1.65. The molecule has 2 rings (SSSR count). The molecule has 0 N–H and O–H groups in total. The minimum Gasteiger partial charge on any atom is -0.497 e. The molecule has 0 atom stereocenters. The smallest absolute Gasteiger partial charge is 0.420 e. The van der Waals surface area contributed by atoms with Gasteiger partial charge in [0.1, 0.15) is 23.2 Å². The highest BCUT2D eigenvalue weighted by Crippen LogP contribution is 2.36. The zero-order valence-electron chi connectivity index (χ0n) is 7.76. The molecule has 0 aliphatic carbocycles. The van der Waals surface area contributed by atoms with Crippen molar-refractivity contribution in [3.05, 3.63) is 30.0 Å². The lowest BCUT2D eigenvalue weighted by atomic mass is 10.1. The predicted octanol–water partition coefficient (Wildman–Crippen LogP) is 3.46. The summed E-state index contributed by atoms with van der Waals surface area (Å²) in [6.07, 6.45) is -3.68. The van der Waals surface area contributed by atoms with Gasteiger partial charge in [0.25, 0.3) is 0 Å². The van der Waals surface area contributed by atoms with Crippen molar-refractivity contribution in [3.63, 3.8) is 0 Å². The fraction of sp³-hybridized carbons (Fsp3) is 0.200. The molecule has 0 amide bonds. The lowest BCUT2D eigenvalue weighted by Crippen LogP contribution is -2.02. The van der Waals surface area contributed by atoms with Crippen LogP contribution in [0, 0.1) is 0 Å². The highest BCUT2D eigenvalue weighted by molar-refractivity contribution is 5.82. The van der Waals surface area contributed by atoms with E-state index in [1.165, 1.54) is 25.3 Å². The van der Waals surface area contributed by atoms with Gasteiger partial charge in [0.2, 0.25) is 0 Å². The predicted molar refractivity (Wildman–Crippen MR) is 47.8 cm³/mol. The van der Waals surface area contributed by atoms with E-state index in [1.807, 2.05) is 0 Å². The van der Waals surface area contributed by atoms with Crippen molar-refractivity contribution < 1.29 is 22.3 Å². The van der Waals surface area contributed by atoms with Crippen LogP contribution < -0.4 is 4.74 Å². The SMILES string of the molecule is COc1ccc2c(C(F)(F)F)coc2c1. The fourth-order valence-electron chi connectivity index (χ4n) is 1.36. The molecule has 0 saturated heterocycles. The fourth-order valence-corrected chi connectivity index (χ4v) is 1.36. The van der Waals surface area contributed by atoms with Crippen molar-refractivity contribution in [1.82, 2.24) is 0 Å². The number of halogens is 3. The number of hydrogen-bond donors (Lipinski definition) is 0. The summed E-state index contributed by atoms with van der Waals surface area (Å²) in [7, 11) is 1.44. The van der Waals surface area contributed by atoms with Crippen molar-refractivity contribution in [3.8, 4) is 5.75 Å². The molecule has 2 aromatic rings. The van der Waals surface area contributed by atoms with Gasteiger partial charge in [-0.3, -0.25) is 0 Å². The molecule has 0 fully saturated rings. The second kappa shape index (κ2) is 3.18. The van der Waals surface area contributed by atoms with Gasteiger partial charge in [0.15, 0.2) is 0 Å². The first-order valence-corrected chi connectivity index (χ1v) is 4.15. The summed E-state index contributed by atoms with van der Waals surface area (Å²) in [6, 6.07) is 4.22. The Morgan fingerprint density at radius 3 is 2.60 bits per heavy atom. The van der Waals surface area contributed by atoms with Crippen LogP contribution in [0.3, 0.4) is 0 Å². The molecule has 0 radical (unpaired) electrons. The Bertz CT molecular complexity index is 485. The largest absolute Gasteiger partial charge is 0.497 e. The van der Waals surface area contributed by atoms with Crippen molar-refractivity contribution in [2.45, 2.75) is 6.18 Å². The maximum absolute atomic E-state index is 12.4. The maximum Gasteiger partial charge on any atom is 0.420 e. The number of furan rings is 1. The summed E-state index contributed by atoms with van der Waals surface area (Å²) in [6.45, 7) is 0. The summed E-state index contributed by atoms with van der Waals surface area (Å²) in [5.74, 6) is 0.463. The van der Waals surface area contributed by atoms with Crippen LogP contribution in [0.1, 0.15) is 5.56 Å². The highest BCUT2D eigenvalue weighted by Gasteiger charge is 2.34. The topological polar surface area (TPSA) is 22.4 Å². The van der Waals surface area contributed by atoms with Gasteiger partial charge in [-0.05, 0) is 12.1 Å². The number of ether oxygens (including phenoxy) is 1. The van der Waals surface area contributed by atoms with E-state index in [-0.39, 0.29) is 11.0 Å². The lowest BCUT2D eigenvalue weighted by Gasteiger charge is -2.03. The molecule has 1 aromatic heterocycles. The molecule has 1 heterocycles. The van der Waals surface area contributed by atoms with Gasteiger partial charge in [0, 0.05) is 11.5 Å². The molecule has 0 unspecified atom stereocenters. The number of fused-ring (bicyclic) bond motifs is 1. The highest BCUT2D eigenvalue weighted by atomic mass is 19.4. The molecule has 15 heavy (non-hydrogen) atoms. The summed E-state index contributed by atoms with van der Waals surface area (Å²) < 4.78 is 47.0. The first kappa shape index (κ1) is 9.89. The van der Waals surface area contributed by atoms with E-state index in [2.05, 4.69) is 0 Å². The Labute approximate surface area is 83.2 Å². The summed E-state index contributed by atoms with van der Waals surface area (Å²) in [5, 5.41) is 0.0447. The van der Waals surface area contributed by atoms with Crippen molar-refractivity contribution in [1.29, 1.82) is 0 Å². The molecule has 2 nitrogen and oxygen atoms in total. The lowest BCUT2D eigenvalue weighted by molar-refractivity contribution is -0.136. The van der Waals surface area contributed by atoms with Gasteiger partial charge in [-0.15, -0.1) is 0 Å². The Hall–Kier alpha value is -1.65. The quantitative estimate of drug-likeness (QED) is 0.728. The van der Waals surface area contributed by atoms with Gasteiger partial charge in [-0.1, -0.05) is 0 Å². The number of benzene rings is 1. The van der Waals surface area contributed by atoms with Gasteiger partial charge in [-0.25, -0.2) is 0 Å². The second-order valence-electron chi connectivity index (χ2n) is 3.01. The Morgan fingerprint density at radius 1 is 1.27 bits per heavy atom. The van der Waals surface area contributed by atoms with E-state index < -0.39 is 11.7 Å². The van der Waals surface area contributed by atoms with E-state index in [0.717, 1.165) is 0 Å². The monoisotopic (exact) mass is 216 g/mol. The average molecular weight is 216 g/mol. The Balaban J connectivity index is 2.62. The van der Waals surface area contributed by atoms with E-state index in [0.29, 0.717) is 12.0 Å².